The zero-order valence-electron chi connectivity index (χ0n) is 12.0. The molecular weight excluding hydrogens is 324 g/mol. The Morgan fingerprint density at radius 3 is 1.41 bits per heavy atom. The van der Waals surface area contributed by atoms with Crippen molar-refractivity contribution in [1.82, 2.24) is 9.80 Å². The summed E-state index contributed by atoms with van der Waals surface area (Å²) in [6.07, 6.45) is 2.26. The minimum Gasteiger partial charge on any atom is -0.278 e. The van der Waals surface area contributed by atoms with Crippen molar-refractivity contribution in [3.05, 3.63) is 0 Å². The number of piperidine rings is 2. The number of hydrogen-bond acceptors (Lipinski definition) is 6. The number of imide groups is 2. The maximum Gasteiger partial charge on any atom is 0.267 e. The van der Waals surface area contributed by atoms with Crippen LogP contribution in [-0.4, -0.2) is 56.2 Å². The normalized spacial score (nSPS) is 20.2. The summed E-state index contributed by atoms with van der Waals surface area (Å²) in [5.41, 5.74) is 0. The van der Waals surface area contributed by atoms with Gasteiger partial charge in [0.05, 0.1) is 9.73 Å². The molecule has 2 aliphatic rings. The van der Waals surface area contributed by atoms with Crippen molar-refractivity contribution in [2.75, 3.05) is 13.1 Å². The predicted octanol–water partition coefficient (Wildman–Crippen LogP) is 0.804. The molecule has 2 fully saturated rings. The van der Waals surface area contributed by atoms with Crippen LogP contribution in [-0.2, 0) is 19.2 Å². The number of unbranched alkanes of at least 4 members (excludes halogenated alkanes) is 1. The summed E-state index contributed by atoms with van der Waals surface area (Å²) in [4.78, 5) is 49.9. The minimum atomic E-state index is -0.391. The summed E-state index contributed by atoms with van der Waals surface area (Å²) in [7, 11) is 0. The van der Waals surface area contributed by atoms with Crippen molar-refractivity contribution < 1.29 is 19.2 Å². The third-order valence-electron chi connectivity index (χ3n) is 3.71. The first-order chi connectivity index (χ1) is 10.4. The van der Waals surface area contributed by atoms with Crippen LogP contribution in [0.15, 0.2) is 0 Å². The van der Waals surface area contributed by atoms with Gasteiger partial charge in [-0.3, -0.25) is 29.0 Å². The first kappa shape index (κ1) is 16.8. The molecule has 2 saturated heterocycles. The first-order valence-electron chi connectivity index (χ1n) is 7.17. The molecule has 0 saturated carbocycles. The van der Waals surface area contributed by atoms with Gasteiger partial charge < -0.3 is 0 Å². The number of likely N-dealkylation sites (tertiary alicyclic amines) is 2. The quantitative estimate of drug-likeness (QED) is 0.419. The van der Waals surface area contributed by atoms with Crippen LogP contribution in [0.1, 0.15) is 38.5 Å². The molecule has 0 aromatic carbocycles. The lowest BCUT2D eigenvalue weighted by Crippen LogP contribution is -2.46. The fourth-order valence-corrected chi connectivity index (χ4v) is 2.87. The van der Waals surface area contributed by atoms with Gasteiger partial charge in [0, 0.05) is 25.9 Å². The van der Waals surface area contributed by atoms with Crippen molar-refractivity contribution in [2.24, 2.45) is 0 Å². The van der Waals surface area contributed by atoms with Crippen LogP contribution in [0.4, 0.5) is 0 Å². The molecule has 0 aromatic rings. The third-order valence-corrected chi connectivity index (χ3v) is 4.47. The van der Waals surface area contributed by atoms with Gasteiger partial charge in [-0.2, -0.15) is 0 Å². The van der Waals surface area contributed by atoms with E-state index in [0.29, 0.717) is 25.7 Å². The van der Waals surface area contributed by atoms with Gasteiger partial charge in [-0.25, -0.2) is 0 Å². The van der Waals surface area contributed by atoms with E-state index in [4.69, 9.17) is 24.4 Å². The average molecular weight is 340 g/mol. The summed E-state index contributed by atoms with van der Waals surface area (Å²) in [6.45, 7) is 0.525. The standard InChI is InChI=1S/C14H16N2O4S2/c17-11-5-3-9(21)13(19)15(11)7-1-2-8-16-12(18)6-4-10(22)14(16)20/h1-8H2. The smallest absolute Gasteiger partial charge is 0.267 e. The molecule has 22 heavy (non-hydrogen) atoms. The Morgan fingerprint density at radius 2 is 1.05 bits per heavy atom. The van der Waals surface area contributed by atoms with E-state index >= 15 is 0 Å². The van der Waals surface area contributed by atoms with Crippen molar-refractivity contribution in [1.29, 1.82) is 0 Å². The largest absolute Gasteiger partial charge is 0.278 e. The molecule has 2 heterocycles. The van der Waals surface area contributed by atoms with E-state index in [1.165, 1.54) is 0 Å². The van der Waals surface area contributed by atoms with E-state index in [1.807, 2.05) is 0 Å². The van der Waals surface area contributed by atoms with Crippen LogP contribution in [0.2, 0.25) is 0 Å². The number of carbonyl (C=O) groups is 4. The first-order valence-corrected chi connectivity index (χ1v) is 7.98. The lowest BCUT2D eigenvalue weighted by Gasteiger charge is -2.27. The number of rotatable bonds is 5. The van der Waals surface area contributed by atoms with Crippen LogP contribution in [0.3, 0.4) is 0 Å². The van der Waals surface area contributed by atoms with Crippen LogP contribution in [0, 0.1) is 0 Å². The number of thiocarbonyl (C=S) groups is 2. The van der Waals surface area contributed by atoms with Gasteiger partial charge in [-0.05, 0) is 25.7 Å². The summed E-state index contributed by atoms with van der Waals surface area (Å²) in [5, 5.41) is 0. The van der Waals surface area contributed by atoms with Gasteiger partial charge in [0.15, 0.2) is 0 Å². The second kappa shape index (κ2) is 7.15. The van der Waals surface area contributed by atoms with Crippen molar-refractivity contribution >= 4 is 57.8 Å². The Balaban J connectivity index is 1.81. The highest BCUT2D eigenvalue weighted by molar-refractivity contribution is 7.82. The van der Waals surface area contributed by atoms with Crippen molar-refractivity contribution in [3.8, 4) is 0 Å². The maximum absolute atomic E-state index is 11.8. The summed E-state index contributed by atoms with van der Waals surface area (Å²) in [5.74, 6) is -1.22. The second-order valence-electron chi connectivity index (χ2n) is 5.25. The highest BCUT2D eigenvalue weighted by atomic mass is 32.1. The van der Waals surface area contributed by atoms with Crippen LogP contribution in [0.5, 0.6) is 0 Å². The molecule has 0 aromatic heterocycles. The maximum atomic E-state index is 11.8. The summed E-state index contributed by atoms with van der Waals surface area (Å²) in [6, 6.07) is 0. The molecule has 4 amide bonds. The van der Waals surface area contributed by atoms with E-state index in [0.717, 1.165) is 9.80 Å². The van der Waals surface area contributed by atoms with Crippen LogP contribution >= 0.6 is 24.4 Å². The average Bonchev–Trinajstić information content (AvgIpc) is 2.49. The van der Waals surface area contributed by atoms with Crippen LogP contribution in [0.25, 0.3) is 0 Å². The highest BCUT2D eigenvalue weighted by Crippen LogP contribution is 2.14. The van der Waals surface area contributed by atoms with Gasteiger partial charge in [0.1, 0.15) is 0 Å². The molecule has 2 rings (SSSR count). The van der Waals surface area contributed by atoms with Crippen molar-refractivity contribution in [3.63, 3.8) is 0 Å². The summed E-state index contributed by atoms with van der Waals surface area (Å²) >= 11 is 9.86. The molecule has 0 bridgehead atoms. The molecule has 118 valence electrons. The molecule has 0 unspecified atom stereocenters. The van der Waals surface area contributed by atoms with Gasteiger partial charge in [0.25, 0.3) is 11.8 Å². The van der Waals surface area contributed by atoms with E-state index in [1.54, 1.807) is 0 Å². The summed E-state index contributed by atoms with van der Waals surface area (Å²) < 4.78 is 0. The topological polar surface area (TPSA) is 74.8 Å². The SMILES string of the molecule is O=C1CCC(=S)C(=O)N1CCCCN1C(=O)CCC(=S)C1=O. The van der Waals surface area contributed by atoms with Gasteiger partial charge in [0.2, 0.25) is 11.8 Å². The number of hydrogen-bond donors (Lipinski definition) is 0. The van der Waals surface area contributed by atoms with E-state index in [-0.39, 0.29) is 47.5 Å². The second-order valence-corrected chi connectivity index (χ2v) is 6.24. The zero-order chi connectivity index (χ0) is 16.3. The lowest BCUT2D eigenvalue weighted by atomic mass is 10.1. The van der Waals surface area contributed by atoms with E-state index in [2.05, 4.69) is 0 Å². The fraction of sp³-hybridized carbons (Fsp3) is 0.571. The molecule has 0 radical (unpaired) electrons. The monoisotopic (exact) mass is 340 g/mol. The fourth-order valence-electron chi connectivity index (χ4n) is 2.44. The lowest BCUT2D eigenvalue weighted by molar-refractivity contribution is -0.144. The molecule has 8 heteroatoms. The molecule has 0 aliphatic carbocycles. The highest BCUT2D eigenvalue weighted by Gasteiger charge is 2.31. The number of nitrogens with zero attached hydrogens (tertiary/aromatic N) is 2. The molecule has 0 spiro atoms. The Morgan fingerprint density at radius 1 is 0.682 bits per heavy atom. The Labute approximate surface area is 138 Å². The molecule has 0 atom stereocenters. The van der Waals surface area contributed by atoms with Crippen LogP contribution < -0.4 is 0 Å². The van der Waals surface area contributed by atoms with Gasteiger partial charge in [-0.1, -0.05) is 24.4 Å². The minimum absolute atomic E-state index is 0.218. The van der Waals surface area contributed by atoms with Crippen molar-refractivity contribution in [2.45, 2.75) is 38.5 Å². The third kappa shape index (κ3) is 3.61. The molecule has 0 N–H and O–H groups in total. The van der Waals surface area contributed by atoms with Gasteiger partial charge >= 0.3 is 0 Å². The predicted molar refractivity (Wildman–Crippen MR) is 86.3 cm³/mol. The number of carbonyl (C=O) groups excluding carboxylic acids is 4. The molecular formula is C14H16N2O4S2. The molecule has 6 nitrogen and oxygen atoms in total. The number of amides is 4. The van der Waals surface area contributed by atoms with E-state index in [9.17, 15) is 19.2 Å². The van der Waals surface area contributed by atoms with Gasteiger partial charge in [-0.15, -0.1) is 0 Å². The van der Waals surface area contributed by atoms with E-state index < -0.39 is 11.8 Å². The zero-order valence-corrected chi connectivity index (χ0v) is 13.6. The Bertz CT molecular complexity index is 523. The Kier molecular flexibility index (Phi) is 5.47. The molecule has 2 aliphatic heterocycles. The Hall–Kier alpha value is -1.54.